The van der Waals surface area contributed by atoms with Gasteiger partial charge in [0.15, 0.2) is 0 Å². The molecule has 0 aromatic heterocycles. The number of allylic oxidation sites excluding steroid dienone is 2. The normalized spacial score (nSPS) is 28.9. The number of carboxylic acid groups (broad SMARTS) is 1. The van der Waals surface area contributed by atoms with Crippen molar-refractivity contribution in [3.8, 4) is 0 Å². The summed E-state index contributed by atoms with van der Waals surface area (Å²) in [6.07, 6.45) is 4.74. The minimum Gasteiger partial charge on any atom is -0.481 e. The SMILES string of the molecule is Cc1cc(C)c(NC(=O)[C@@H]2[C@H](C(=O)O)[C@H]3C=C[C@H]2C3)c(C)c1. The molecule has 116 valence electrons. The van der Waals surface area contributed by atoms with Crippen LogP contribution in [0.25, 0.3) is 0 Å². The monoisotopic (exact) mass is 299 g/mol. The van der Waals surface area contributed by atoms with Gasteiger partial charge in [-0.2, -0.15) is 0 Å². The van der Waals surface area contributed by atoms with Crippen LogP contribution >= 0.6 is 0 Å². The highest BCUT2D eigenvalue weighted by Crippen LogP contribution is 2.48. The summed E-state index contributed by atoms with van der Waals surface area (Å²) in [4.78, 5) is 24.2. The van der Waals surface area contributed by atoms with Crippen LogP contribution in [0.2, 0.25) is 0 Å². The van der Waals surface area contributed by atoms with Crippen molar-refractivity contribution in [2.45, 2.75) is 27.2 Å². The number of carbonyl (C=O) groups is 2. The van der Waals surface area contributed by atoms with Gasteiger partial charge in [-0.3, -0.25) is 9.59 Å². The van der Waals surface area contributed by atoms with Crippen molar-refractivity contribution in [3.05, 3.63) is 41.0 Å². The minimum atomic E-state index is -0.866. The highest BCUT2D eigenvalue weighted by atomic mass is 16.4. The lowest BCUT2D eigenvalue weighted by Gasteiger charge is -2.24. The molecule has 4 heteroatoms. The standard InChI is InChI=1S/C18H21NO3/c1-9-6-10(2)16(11(3)7-9)19-17(20)14-12-4-5-13(8-12)15(14)18(21)22/h4-7,12-15H,8H2,1-3H3,(H,19,20)(H,21,22)/t12-,13-,14-,15+/m0/s1. The minimum absolute atomic E-state index is 0.00142. The van der Waals surface area contributed by atoms with E-state index in [1.165, 1.54) is 0 Å². The first kappa shape index (κ1) is 14.8. The Balaban J connectivity index is 1.86. The molecular weight excluding hydrogens is 278 g/mol. The van der Waals surface area contributed by atoms with Crippen LogP contribution in [0.4, 0.5) is 5.69 Å². The van der Waals surface area contributed by atoms with E-state index in [-0.39, 0.29) is 17.7 Å². The van der Waals surface area contributed by atoms with E-state index in [4.69, 9.17) is 0 Å². The average Bonchev–Trinajstić information content (AvgIpc) is 3.02. The molecule has 3 rings (SSSR count). The molecule has 0 heterocycles. The lowest BCUT2D eigenvalue weighted by atomic mass is 9.82. The zero-order valence-corrected chi connectivity index (χ0v) is 13.1. The number of fused-ring (bicyclic) bond motifs is 2. The molecule has 4 atom stereocenters. The molecule has 22 heavy (non-hydrogen) atoms. The molecule has 0 saturated heterocycles. The summed E-state index contributed by atoms with van der Waals surface area (Å²) < 4.78 is 0. The quantitative estimate of drug-likeness (QED) is 0.843. The van der Waals surface area contributed by atoms with E-state index in [0.717, 1.165) is 28.8 Å². The summed E-state index contributed by atoms with van der Waals surface area (Å²) in [6.45, 7) is 5.95. The molecule has 2 aliphatic carbocycles. The molecule has 1 aromatic carbocycles. The second-order valence-corrected chi connectivity index (χ2v) is 6.60. The molecule has 0 unspecified atom stereocenters. The average molecular weight is 299 g/mol. The zero-order chi connectivity index (χ0) is 16.0. The number of aliphatic carboxylic acids is 1. The first-order valence-corrected chi connectivity index (χ1v) is 7.68. The van der Waals surface area contributed by atoms with Gasteiger partial charge in [-0.1, -0.05) is 29.8 Å². The Labute approximate surface area is 130 Å². The summed E-state index contributed by atoms with van der Waals surface area (Å²) in [7, 11) is 0. The summed E-state index contributed by atoms with van der Waals surface area (Å²) in [5.41, 5.74) is 3.98. The predicted molar refractivity (Wildman–Crippen MR) is 84.6 cm³/mol. The molecule has 2 N–H and O–H groups in total. The van der Waals surface area contributed by atoms with Gasteiger partial charge in [0.25, 0.3) is 0 Å². The van der Waals surface area contributed by atoms with Gasteiger partial charge in [0.05, 0.1) is 11.8 Å². The summed E-state index contributed by atoms with van der Waals surface area (Å²) in [6, 6.07) is 4.05. The number of amides is 1. The molecule has 2 bridgehead atoms. The number of anilines is 1. The van der Waals surface area contributed by atoms with Crippen molar-refractivity contribution in [2.24, 2.45) is 23.7 Å². The molecule has 2 aliphatic rings. The number of hydrogen-bond acceptors (Lipinski definition) is 2. The number of nitrogens with one attached hydrogen (secondary N) is 1. The van der Waals surface area contributed by atoms with Crippen molar-refractivity contribution in [1.82, 2.24) is 0 Å². The fourth-order valence-electron chi connectivity index (χ4n) is 4.10. The number of aryl methyl sites for hydroxylation is 3. The van der Waals surface area contributed by atoms with Crippen molar-refractivity contribution >= 4 is 17.6 Å². The van der Waals surface area contributed by atoms with E-state index >= 15 is 0 Å². The Kier molecular flexibility index (Phi) is 3.55. The highest BCUT2D eigenvalue weighted by Gasteiger charge is 2.51. The lowest BCUT2D eigenvalue weighted by molar-refractivity contribution is -0.146. The smallest absolute Gasteiger partial charge is 0.307 e. The molecule has 1 amide bonds. The summed E-state index contributed by atoms with van der Waals surface area (Å²) in [5, 5.41) is 12.4. The Hall–Kier alpha value is -2.10. The maximum absolute atomic E-state index is 12.7. The van der Waals surface area contributed by atoms with Crippen LogP contribution in [0.1, 0.15) is 23.1 Å². The molecule has 0 aliphatic heterocycles. The van der Waals surface area contributed by atoms with E-state index in [2.05, 4.69) is 5.32 Å². The maximum Gasteiger partial charge on any atom is 0.307 e. The van der Waals surface area contributed by atoms with Crippen LogP contribution in [0.15, 0.2) is 24.3 Å². The second kappa shape index (κ2) is 5.27. The summed E-state index contributed by atoms with van der Waals surface area (Å²) in [5.74, 6) is -2.04. The van der Waals surface area contributed by atoms with E-state index in [1.807, 2.05) is 45.1 Å². The number of rotatable bonds is 3. The largest absolute Gasteiger partial charge is 0.481 e. The maximum atomic E-state index is 12.7. The number of carboxylic acids is 1. The van der Waals surface area contributed by atoms with Gasteiger partial charge in [-0.15, -0.1) is 0 Å². The van der Waals surface area contributed by atoms with Gasteiger partial charge >= 0.3 is 5.97 Å². The van der Waals surface area contributed by atoms with Gasteiger partial charge in [-0.25, -0.2) is 0 Å². The number of carbonyl (C=O) groups excluding carboxylic acids is 1. The van der Waals surface area contributed by atoms with Gasteiger partial charge < -0.3 is 10.4 Å². The van der Waals surface area contributed by atoms with Crippen molar-refractivity contribution in [2.75, 3.05) is 5.32 Å². The molecular formula is C18H21NO3. The first-order chi connectivity index (χ1) is 10.4. The highest BCUT2D eigenvalue weighted by molar-refractivity contribution is 5.97. The fraction of sp³-hybridized carbons (Fsp3) is 0.444. The Morgan fingerprint density at radius 2 is 1.59 bits per heavy atom. The Morgan fingerprint density at radius 3 is 2.14 bits per heavy atom. The van der Waals surface area contributed by atoms with E-state index in [9.17, 15) is 14.7 Å². The zero-order valence-electron chi connectivity index (χ0n) is 13.1. The van der Waals surface area contributed by atoms with Crippen molar-refractivity contribution in [3.63, 3.8) is 0 Å². The van der Waals surface area contributed by atoms with Crippen molar-refractivity contribution in [1.29, 1.82) is 0 Å². The van der Waals surface area contributed by atoms with Crippen LogP contribution < -0.4 is 5.32 Å². The second-order valence-electron chi connectivity index (χ2n) is 6.60. The van der Waals surface area contributed by atoms with Gasteiger partial charge in [0.1, 0.15) is 0 Å². The molecule has 1 saturated carbocycles. The third kappa shape index (κ3) is 2.32. The first-order valence-electron chi connectivity index (χ1n) is 7.68. The molecule has 1 fully saturated rings. The lowest BCUT2D eigenvalue weighted by Crippen LogP contribution is -2.36. The molecule has 0 radical (unpaired) electrons. The molecule has 4 nitrogen and oxygen atoms in total. The number of benzene rings is 1. The van der Waals surface area contributed by atoms with Crippen LogP contribution in [-0.4, -0.2) is 17.0 Å². The van der Waals surface area contributed by atoms with Gasteiger partial charge in [0, 0.05) is 5.69 Å². The van der Waals surface area contributed by atoms with Gasteiger partial charge in [0.2, 0.25) is 5.91 Å². The molecule has 1 aromatic rings. The molecule has 0 spiro atoms. The van der Waals surface area contributed by atoms with E-state index in [1.54, 1.807) is 0 Å². The Morgan fingerprint density at radius 1 is 1.05 bits per heavy atom. The van der Waals surface area contributed by atoms with Crippen LogP contribution in [0, 0.1) is 44.4 Å². The van der Waals surface area contributed by atoms with Gasteiger partial charge in [-0.05, 0) is 50.2 Å². The predicted octanol–water partition coefficient (Wildman–Crippen LogP) is 3.07. The topological polar surface area (TPSA) is 66.4 Å². The van der Waals surface area contributed by atoms with Crippen LogP contribution in [0.5, 0.6) is 0 Å². The third-order valence-electron chi connectivity index (χ3n) is 4.97. The van der Waals surface area contributed by atoms with E-state index in [0.29, 0.717) is 0 Å². The number of hydrogen-bond donors (Lipinski definition) is 2. The third-order valence-corrected chi connectivity index (χ3v) is 4.97. The van der Waals surface area contributed by atoms with Crippen LogP contribution in [-0.2, 0) is 9.59 Å². The van der Waals surface area contributed by atoms with Crippen LogP contribution in [0.3, 0.4) is 0 Å². The Bertz CT molecular complexity index is 654. The summed E-state index contributed by atoms with van der Waals surface area (Å²) >= 11 is 0. The van der Waals surface area contributed by atoms with E-state index < -0.39 is 17.8 Å². The fourth-order valence-corrected chi connectivity index (χ4v) is 4.10. The van der Waals surface area contributed by atoms with Crippen molar-refractivity contribution < 1.29 is 14.7 Å².